The Morgan fingerprint density at radius 3 is 2.55 bits per heavy atom. The van der Waals surface area contributed by atoms with Crippen molar-refractivity contribution in [3.8, 4) is 0 Å². The molecule has 0 aliphatic carbocycles. The summed E-state index contributed by atoms with van der Waals surface area (Å²) in [6.07, 6.45) is 5.45. The summed E-state index contributed by atoms with van der Waals surface area (Å²) in [6.45, 7) is 11.7. The maximum Gasteiger partial charge on any atom is 0.339 e. The van der Waals surface area contributed by atoms with Gasteiger partial charge in [-0.05, 0) is 58.2 Å². The Bertz CT molecular complexity index is 510. The van der Waals surface area contributed by atoms with Gasteiger partial charge in [0.25, 0.3) is 0 Å². The number of hydrogen-bond acceptors (Lipinski definition) is 2. The van der Waals surface area contributed by atoms with Crippen LogP contribution in [0.1, 0.15) is 49.5 Å². The lowest BCUT2D eigenvalue weighted by Crippen LogP contribution is -2.29. The van der Waals surface area contributed by atoms with E-state index in [1.807, 2.05) is 32.0 Å². The number of ether oxygens (including phenoxy) is 1. The van der Waals surface area contributed by atoms with E-state index in [1.165, 1.54) is 5.57 Å². The van der Waals surface area contributed by atoms with Gasteiger partial charge in [0.2, 0.25) is 0 Å². The molecule has 0 aliphatic heterocycles. The fraction of sp³-hybridized carbons (Fsp3) is 0.389. The van der Waals surface area contributed by atoms with Crippen molar-refractivity contribution < 1.29 is 9.53 Å². The topological polar surface area (TPSA) is 26.3 Å². The van der Waals surface area contributed by atoms with Gasteiger partial charge in [-0.1, -0.05) is 36.4 Å². The zero-order valence-corrected chi connectivity index (χ0v) is 12.9. The summed E-state index contributed by atoms with van der Waals surface area (Å²) in [5, 5.41) is 0. The number of hydrogen-bond donors (Lipinski definition) is 0. The number of rotatable bonds is 6. The lowest BCUT2D eigenvalue weighted by molar-refractivity contribution is 0.00827. The van der Waals surface area contributed by atoms with Crippen molar-refractivity contribution >= 4 is 5.97 Å². The van der Waals surface area contributed by atoms with Crippen LogP contribution in [0.4, 0.5) is 0 Å². The van der Waals surface area contributed by atoms with E-state index in [9.17, 15) is 4.79 Å². The van der Waals surface area contributed by atoms with Crippen molar-refractivity contribution in [2.45, 2.75) is 46.1 Å². The Hall–Kier alpha value is -1.83. The SMILES string of the molecule is C=CC(C)(CCC=C(C)C)OC(=O)c1ccccc1C. The molecule has 0 aromatic heterocycles. The minimum atomic E-state index is -0.634. The number of carbonyl (C=O) groups excluding carboxylic acids is 1. The van der Waals surface area contributed by atoms with Crippen molar-refractivity contribution in [3.05, 3.63) is 59.7 Å². The number of carbonyl (C=O) groups is 1. The quantitative estimate of drug-likeness (QED) is 0.547. The van der Waals surface area contributed by atoms with Gasteiger partial charge >= 0.3 is 5.97 Å². The van der Waals surface area contributed by atoms with Crippen LogP contribution in [0, 0.1) is 6.92 Å². The van der Waals surface area contributed by atoms with Crippen molar-refractivity contribution in [2.75, 3.05) is 0 Å². The zero-order chi connectivity index (χ0) is 15.2. The largest absolute Gasteiger partial charge is 0.452 e. The van der Waals surface area contributed by atoms with Crippen LogP contribution in [0.15, 0.2) is 48.6 Å². The molecular formula is C18H24O2. The molecule has 0 saturated heterocycles. The Labute approximate surface area is 122 Å². The Kier molecular flexibility index (Phi) is 5.75. The third-order valence-electron chi connectivity index (χ3n) is 3.32. The molecule has 0 heterocycles. The predicted octanol–water partition coefficient (Wildman–Crippen LogP) is 4.84. The molecule has 0 fully saturated rings. The second kappa shape index (κ2) is 7.09. The molecule has 0 spiro atoms. The van der Waals surface area contributed by atoms with Crippen LogP contribution >= 0.6 is 0 Å². The molecule has 20 heavy (non-hydrogen) atoms. The number of benzene rings is 1. The first-order valence-corrected chi connectivity index (χ1v) is 6.94. The predicted molar refractivity (Wildman–Crippen MR) is 83.9 cm³/mol. The first-order valence-electron chi connectivity index (χ1n) is 6.94. The second-order valence-corrected chi connectivity index (χ2v) is 5.54. The third kappa shape index (κ3) is 4.69. The molecule has 0 radical (unpaired) electrons. The van der Waals surface area contributed by atoms with E-state index in [4.69, 9.17) is 4.74 Å². The highest BCUT2D eigenvalue weighted by Crippen LogP contribution is 2.22. The molecule has 0 saturated carbocycles. The smallest absolute Gasteiger partial charge is 0.339 e. The van der Waals surface area contributed by atoms with E-state index in [0.29, 0.717) is 5.56 Å². The van der Waals surface area contributed by atoms with E-state index >= 15 is 0 Å². The van der Waals surface area contributed by atoms with E-state index in [-0.39, 0.29) is 5.97 Å². The van der Waals surface area contributed by atoms with E-state index < -0.39 is 5.60 Å². The van der Waals surface area contributed by atoms with Crippen molar-refractivity contribution in [2.24, 2.45) is 0 Å². The molecule has 0 N–H and O–H groups in total. The lowest BCUT2D eigenvalue weighted by Gasteiger charge is -2.26. The van der Waals surface area contributed by atoms with Crippen LogP contribution in [0.5, 0.6) is 0 Å². The molecule has 1 atom stereocenters. The average Bonchev–Trinajstić information content (AvgIpc) is 2.38. The molecule has 2 nitrogen and oxygen atoms in total. The maximum absolute atomic E-state index is 12.3. The van der Waals surface area contributed by atoms with Crippen molar-refractivity contribution in [1.29, 1.82) is 0 Å². The van der Waals surface area contributed by atoms with Crippen LogP contribution < -0.4 is 0 Å². The molecule has 1 aromatic carbocycles. The third-order valence-corrected chi connectivity index (χ3v) is 3.32. The highest BCUT2D eigenvalue weighted by atomic mass is 16.6. The Morgan fingerprint density at radius 2 is 2.00 bits per heavy atom. The van der Waals surface area contributed by atoms with Crippen LogP contribution in [-0.2, 0) is 4.74 Å². The van der Waals surface area contributed by atoms with Crippen LogP contribution in [-0.4, -0.2) is 11.6 Å². The molecule has 1 aromatic rings. The van der Waals surface area contributed by atoms with Crippen LogP contribution in [0.2, 0.25) is 0 Å². The Morgan fingerprint density at radius 1 is 1.35 bits per heavy atom. The summed E-state index contributed by atoms with van der Waals surface area (Å²) in [5.41, 5.74) is 2.17. The minimum absolute atomic E-state index is 0.289. The first kappa shape index (κ1) is 16.2. The molecular weight excluding hydrogens is 248 g/mol. The lowest BCUT2D eigenvalue weighted by atomic mass is 9.99. The minimum Gasteiger partial charge on any atom is -0.452 e. The summed E-state index contributed by atoms with van der Waals surface area (Å²) in [5.74, 6) is -0.289. The molecule has 1 unspecified atom stereocenters. The van der Waals surface area contributed by atoms with E-state index in [2.05, 4.69) is 26.5 Å². The summed E-state index contributed by atoms with van der Waals surface area (Å²) in [7, 11) is 0. The van der Waals surface area contributed by atoms with Gasteiger partial charge in [0.15, 0.2) is 0 Å². The van der Waals surface area contributed by atoms with Crippen LogP contribution in [0.3, 0.4) is 0 Å². The zero-order valence-electron chi connectivity index (χ0n) is 12.9. The molecule has 2 heteroatoms. The number of esters is 1. The van der Waals surface area contributed by atoms with Gasteiger partial charge in [-0.25, -0.2) is 4.79 Å². The fourth-order valence-electron chi connectivity index (χ4n) is 1.91. The fourth-order valence-corrected chi connectivity index (χ4v) is 1.91. The van der Waals surface area contributed by atoms with Gasteiger partial charge in [0.05, 0.1) is 5.56 Å². The summed E-state index contributed by atoms with van der Waals surface area (Å²) in [6, 6.07) is 7.45. The summed E-state index contributed by atoms with van der Waals surface area (Å²) < 4.78 is 5.65. The van der Waals surface area contributed by atoms with Gasteiger partial charge in [-0.15, -0.1) is 0 Å². The maximum atomic E-state index is 12.3. The van der Waals surface area contributed by atoms with E-state index in [1.54, 1.807) is 12.1 Å². The summed E-state index contributed by atoms with van der Waals surface area (Å²) in [4.78, 5) is 12.3. The van der Waals surface area contributed by atoms with Gasteiger partial charge in [-0.3, -0.25) is 0 Å². The van der Waals surface area contributed by atoms with Gasteiger partial charge < -0.3 is 4.74 Å². The second-order valence-electron chi connectivity index (χ2n) is 5.54. The van der Waals surface area contributed by atoms with Crippen molar-refractivity contribution in [3.63, 3.8) is 0 Å². The van der Waals surface area contributed by atoms with Gasteiger partial charge in [0.1, 0.15) is 5.60 Å². The molecule has 0 amide bonds. The number of allylic oxidation sites excluding steroid dienone is 2. The Balaban J connectivity index is 2.77. The van der Waals surface area contributed by atoms with Gasteiger partial charge in [-0.2, -0.15) is 0 Å². The summed E-state index contributed by atoms with van der Waals surface area (Å²) >= 11 is 0. The highest BCUT2D eigenvalue weighted by molar-refractivity contribution is 5.91. The molecule has 108 valence electrons. The molecule has 0 aliphatic rings. The van der Waals surface area contributed by atoms with Gasteiger partial charge in [0, 0.05) is 0 Å². The standard InChI is InChI=1S/C18H24O2/c1-6-18(5,13-9-10-14(2)3)20-17(19)16-12-8-7-11-15(16)4/h6-8,10-12H,1,9,13H2,2-5H3. The average molecular weight is 272 g/mol. The van der Waals surface area contributed by atoms with Crippen LogP contribution in [0.25, 0.3) is 0 Å². The van der Waals surface area contributed by atoms with Crippen molar-refractivity contribution in [1.82, 2.24) is 0 Å². The highest BCUT2D eigenvalue weighted by Gasteiger charge is 2.25. The first-order chi connectivity index (χ1) is 9.38. The van der Waals surface area contributed by atoms with E-state index in [0.717, 1.165) is 18.4 Å². The number of aryl methyl sites for hydroxylation is 1. The molecule has 0 bridgehead atoms. The normalized spacial score (nSPS) is 13.2. The molecule has 1 rings (SSSR count). The monoisotopic (exact) mass is 272 g/mol.